The first-order valence-corrected chi connectivity index (χ1v) is 7.41. The fourth-order valence-electron chi connectivity index (χ4n) is 1.63. The van der Waals surface area contributed by atoms with Gasteiger partial charge in [0.1, 0.15) is 0 Å². The fourth-order valence-corrected chi connectivity index (χ4v) is 2.21. The molecule has 4 N–H and O–H groups in total. The predicted molar refractivity (Wildman–Crippen MR) is 80.4 cm³/mol. The number of nitrogens with one attached hydrogen (secondary N) is 2. The number of amides is 2. The Morgan fingerprint density at radius 2 is 1.67 bits per heavy atom. The van der Waals surface area contributed by atoms with Gasteiger partial charge in [-0.3, -0.25) is 0 Å². The van der Waals surface area contributed by atoms with E-state index in [1.165, 1.54) is 12.1 Å². The Morgan fingerprint density at radius 1 is 1.14 bits per heavy atom. The lowest BCUT2D eigenvalue weighted by Gasteiger charge is -2.14. The molecule has 0 saturated heterocycles. The van der Waals surface area contributed by atoms with E-state index in [9.17, 15) is 14.4 Å². The molecular weight excluding hydrogens is 296 g/mol. The molecule has 21 heavy (non-hydrogen) atoms. The number of carboxylic acid groups (broad SMARTS) is 2. The summed E-state index contributed by atoms with van der Waals surface area (Å²) in [5.41, 5.74) is -0.300. The highest BCUT2D eigenvalue weighted by Gasteiger charge is 2.13. The number of hydrogen-bond donors (Lipinski definition) is 4. The third-order valence-corrected chi connectivity index (χ3v) is 3.31. The highest BCUT2D eigenvalue weighted by atomic mass is 32.2. The average molecular weight is 312 g/mol. The molecule has 0 aromatic heterocycles. The van der Waals surface area contributed by atoms with E-state index >= 15 is 0 Å². The largest absolute Gasteiger partial charge is 0.478 e. The Balaban J connectivity index is 2.89. The van der Waals surface area contributed by atoms with E-state index in [0.29, 0.717) is 0 Å². The SMILES string of the molecule is CSCC(C)NC(=O)Nc1cc(C(=O)O)cc(C(=O)O)c1. The summed E-state index contributed by atoms with van der Waals surface area (Å²) in [5, 5.41) is 23.0. The molecule has 0 saturated carbocycles. The first-order valence-electron chi connectivity index (χ1n) is 6.01. The van der Waals surface area contributed by atoms with Crippen molar-refractivity contribution in [1.82, 2.24) is 5.32 Å². The molecule has 1 rings (SSSR count). The van der Waals surface area contributed by atoms with E-state index < -0.39 is 18.0 Å². The van der Waals surface area contributed by atoms with Crippen molar-refractivity contribution < 1.29 is 24.6 Å². The van der Waals surface area contributed by atoms with Gasteiger partial charge in [0.05, 0.1) is 11.1 Å². The van der Waals surface area contributed by atoms with Crippen LogP contribution >= 0.6 is 11.8 Å². The lowest BCUT2D eigenvalue weighted by atomic mass is 10.1. The quantitative estimate of drug-likeness (QED) is 0.638. The molecule has 0 aliphatic heterocycles. The Labute approximate surface area is 125 Å². The zero-order valence-electron chi connectivity index (χ0n) is 11.5. The lowest BCUT2D eigenvalue weighted by Crippen LogP contribution is -2.37. The van der Waals surface area contributed by atoms with Crippen LogP contribution in [0.4, 0.5) is 10.5 Å². The van der Waals surface area contributed by atoms with Gasteiger partial charge in [0, 0.05) is 17.5 Å². The molecule has 0 heterocycles. The molecule has 0 aliphatic carbocycles. The van der Waals surface area contributed by atoms with Crippen molar-refractivity contribution in [3.8, 4) is 0 Å². The molecule has 8 heteroatoms. The number of rotatable bonds is 6. The molecule has 0 spiro atoms. The second-order valence-electron chi connectivity index (χ2n) is 4.36. The maximum atomic E-state index is 11.7. The summed E-state index contributed by atoms with van der Waals surface area (Å²) >= 11 is 1.57. The fraction of sp³-hybridized carbons (Fsp3) is 0.308. The van der Waals surface area contributed by atoms with Gasteiger partial charge < -0.3 is 20.8 Å². The van der Waals surface area contributed by atoms with Crippen molar-refractivity contribution in [2.75, 3.05) is 17.3 Å². The van der Waals surface area contributed by atoms with E-state index in [0.717, 1.165) is 11.8 Å². The number of carbonyl (C=O) groups is 3. The summed E-state index contributed by atoms with van der Waals surface area (Å²) in [4.78, 5) is 33.6. The summed E-state index contributed by atoms with van der Waals surface area (Å²) < 4.78 is 0. The maximum Gasteiger partial charge on any atom is 0.335 e. The topological polar surface area (TPSA) is 116 Å². The van der Waals surface area contributed by atoms with E-state index in [-0.39, 0.29) is 22.9 Å². The number of aromatic carboxylic acids is 2. The summed E-state index contributed by atoms with van der Waals surface area (Å²) in [6.07, 6.45) is 1.91. The third-order valence-electron chi connectivity index (χ3n) is 2.48. The summed E-state index contributed by atoms with van der Waals surface area (Å²) in [6.45, 7) is 1.83. The molecular formula is C13H16N2O5S. The molecule has 0 bridgehead atoms. The van der Waals surface area contributed by atoms with Crippen LogP contribution in [-0.2, 0) is 0 Å². The number of thioether (sulfide) groups is 1. The minimum Gasteiger partial charge on any atom is -0.478 e. The van der Waals surface area contributed by atoms with Gasteiger partial charge in [0.25, 0.3) is 0 Å². The number of urea groups is 1. The number of benzene rings is 1. The van der Waals surface area contributed by atoms with Crippen molar-refractivity contribution >= 4 is 35.4 Å². The average Bonchev–Trinajstić information content (AvgIpc) is 2.37. The first-order chi connectivity index (χ1) is 9.83. The Morgan fingerprint density at radius 3 is 2.10 bits per heavy atom. The smallest absolute Gasteiger partial charge is 0.335 e. The van der Waals surface area contributed by atoms with Gasteiger partial charge in [-0.2, -0.15) is 11.8 Å². The zero-order chi connectivity index (χ0) is 16.0. The van der Waals surface area contributed by atoms with Crippen LogP contribution in [0.25, 0.3) is 0 Å². The summed E-state index contributed by atoms with van der Waals surface area (Å²) in [7, 11) is 0. The number of anilines is 1. The Hall–Kier alpha value is -2.22. The van der Waals surface area contributed by atoms with E-state index in [4.69, 9.17) is 10.2 Å². The molecule has 0 aliphatic rings. The molecule has 0 radical (unpaired) electrons. The molecule has 1 aromatic carbocycles. The number of hydrogen-bond acceptors (Lipinski definition) is 4. The number of carboxylic acids is 2. The Kier molecular flexibility index (Phi) is 6.04. The van der Waals surface area contributed by atoms with Gasteiger partial charge in [0.2, 0.25) is 0 Å². The van der Waals surface area contributed by atoms with Crippen LogP contribution in [0.15, 0.2) is 18.2 Å². The highest BCUT2D eigenvalue weighted by molar-refractivity contribution is 7.98. The van der Waals surface area contributed by atoms with Gasteiger partial charge in [-0.05, 0) is 31.4 Å². The molecule has 7 nitrogen and oxygen atoms in total. The third kappa shape index (κ3) is 5.35. The summed E-state index contributed by atoms with van der Waals surface area (Å²) in [5.74, 6) is -1.81. The van der Waals surface area contributed by atoms with Crippen LogP contribution in [0.2, 0.25) is 0 Å². The standard InChI is InChI=1S/C13H16N2O5S/c1-7(6-21-2)14-13(20)15-10-4-8(11(16)17)3-9(5-10)12(18)19/h3-5,7H,6H2,1-2H3,(H,16,17)(H,18,19)(H2,14,15,20). The normalized spacial score (nSPS) is 11.5. The number of carbonyl (C=O) groups excluding carboxylic acids is 1. The van der Waals surface area contributed by atoms with Crippen molar-refractivity contribution in [2.24, 2.45) is 0 Å². The molecule has 2 amide bonds. The van der Waals surface area contributed by atoms with Gasteiger partial charge in [-0.1, -0.05) is 0 Å². The molecule has 1 aromatic rings. The zero-order valence-corrected chi connectivity index (χ0v) is 12.4. The molecule has 0 fully saturated rings. The van der Waals surface area contributed by atoms with Crippen molar-refractivity contribution in [3.63, 3.8) is 0 Å². The van der Waals surface area contributed by atoms with Crippen molar-refractivity contribution in [2.45, 2.75) is 13.0 Å². The molecule has 1 atom stereocenters. The van der Waals surface area contributed by atoms with Gasteiger partial charge in [-0.15, -0.1) is 0 Å². The minimum absolute atomic E-state index is 0.0680. The monoisotopic (exact) mass is 312 g/mol. The van der Waals surface area contributed by atoms with Crippen LogP contribution in [0.1, 0.15) is 27.6 Å². The van der Waals surface area contributed by atoms with E-state index in [1.807, 2.05) is 13.2 Å². The van der Waals surface area contributed by atoms with Crippen molar-refractivity contribution in [1.29, 1.82) is 0 Å². The van der Waals surface area contributed by atoms with Crippen LogP contribution in [0, 0.1) is 0 Å². The maximum absolute atomic E-state index is 11.7. The first kappa shape index (κ1) is 16.8. The van der Waals surface area contributed by atoms with Crippen LogP contribution < -0.4 is 10.6 Å². The Bertz CT molecular complexity index is 529. The lowest BCUT2D eigenvalue weighted by molar-refractivity contribution is 0.0696. The second-order valence-corrected chi connectivity index (χ2v) is 5.27. The van der Waals surface area contributed by atoms with Gasteiger partial charge in [0.15, 0.2) is 0 Å². The van der Waals surface area contributed by atoms with Crippen LogP contribution in [0.5, 0.6) is 0 Å². The van der Waals surface area contributed by atoms with Crippen LogP contribution in [-0.4, -0.2) is 46.2 Å². The predicted octanol–water partition coefficient (Wildman–Crippen LogP) is 1.96. The van der Waals surface area contributed by atoms with Gasteiger partial charge in [-0.25, -0.2) is 14.4 Å². The van der Waals surface area contributed by atoms with Crippen LogP contribution in [0.3, 0.4) is 0 Å². The second kappa shape index (κ2) is 7.53. The highest BCUT2D eigenvalue weighted by Crippen LogP contribution is 2.15. The minimum atomic E-state index is -1.27. The van der Waals surface area contributed by atoms with Gasteiger partial charge >= 0.3 is 18.0 Å². The van der Waals surface area contributed by atoms with E-state index in [1.54, 1.807) is 11.8 Å². The molecule has 1 unspecified atom stereocenters. The van der Waals surface area contributed by atoms with E-state index in [2.05, 4.69) is 10.6 Å². The van der Waals surface area contributed by atoms with Crippen molar-refractivity contribution in [3.05, 3.63) is 29.3 Å². The molecule has 114 valence electrons. The summed E-state index contributed by atoms with van der Waals surface area (Å²) in [6, 6.07) is 2.85.